The van der Waals surface area contributed by atoms with Crippen LogP contribution in [0.3, 0.4) is 0 Å². The molecule has 22 heavy (non-hydrogen) atoms. The first-order valence-corrected chi connectivity index (χ1v) is 9.31. The van der Waals surface area contributed by atoms with Gasteiger partial charge in [-0.2, -0.15) is 16.8 Å². The zero-order valence-corrected chi connectivity index (χ0v) is 13.4. The summed E-state index contributed by atoms with van der Waals surface area (Å²) in [6.45, 7) is 5.93. The summed E-state index contributed by atoms with van der Waals surface area (Å²) in [7, 11) is -8.84. The maximum absolute atomic E-state index is 12.0. The Bertz CT molecular complexity index is 480. The average molecular weight is 366 g/mol. The summed E-state index contributed by atoms with van der Waals surface area (Å²) >= 11 is 0. The molecule has 0 radical (unpaired) electrons. The molecule has 0 aliphatic heterocycles. The number of allylic oxidation sites excluding steroid dienone is 2. The molecule has 126 valence electrons. The molecule has 0 rings (SSSR count). The fourth-order valence-electron chi connectivity index (χ4n) is 1.66. The third kappa shape index (κ3) is 8.21. The number of aliphatic hydroxyl groups is 2. The molecule has 0 aliphatic carbocycles. The van der Waals surface area contributed by atoms with Crippen LogP contribution >= 0.6 is 0 Å². The van der Waals surface area contributed by atoms with Crippen molar-refractivity contribution in [3.05, 3.63) is 25.3 Å². The summed E-state index contributed by atoms with van der Waals surface area (Å²) < 4.78 is 52.3. The first kappa shape index (κ1) is 24.5. The number of aliphatic hydroxyl groups excluding tert-OH is 2. The molecule has 0 saturated heterocycles. The second-order valence-corrected chi connectivity index (χ2v) is 8.22. The van der Waals surface area contributed by atoms with Gasteiger partial charge >= 0.3 is 29.6 Å². The van der Waals surface area contributed by atoms with E-state index in [-0.39, 0.29) is 55.2 Å². The van der Waals surface area contributed by atoms with E-state index in [1.165, 1.54) is 12.2 Å². The van der Waals surface area contributed by atoms with Crippen LogP contribution in [-0.2, 0) is 23.9 Å². The van der Waals surface area contributed by atoms with Crippen LogP contribution in [-0.4, -0.2) is 80.3 Å². The van der Waals surface area contributed by atoms with Gasteiger partial charge < -0.3 is 10.2 Å². The molecule has 10 heteroatoms. The van der Waals surface area contributed by atoms with Crippen molar-refractivity contribution < 1.29 is 30.7 Å². The molecule has 0 saturated carbocycles. The van der Waals surface area contributed by atoms with E-state index >= 15 is 0 Å². The van der Waals surface area contributed by atoms with Crippen LogP contribution in [0.15, 0.2) is 25.3 Å². The van der Waals surface area contributed by atoms with Crippen LogP contribution in [0.5, 0.6) is 0 Å². The minimum atomic E-state index is -4.42. The maximum atomic E-state index is 12.0. The van der Waals surface area contributed by atoms with Gasteiger partial charge in [-0.25, -0.2) is 0 Å². The summed E-state index contributed by atoms with van der Waals surface area (Å²) in [6.07, 6.45) is 2.23. The monoisotopic (exact) mass is 366 g/mol. The number of hydrogen-bond donors (Lipinski definition) is 2. The van der Waals surface area contributed by atoms with E-state index in [9.17, 15) is 16.8 Å². The molecule has 0 amide bonds. The van der Waals surface area contributed by atoms with Crippen molar-refractivity contribution in [3.63, 3.8) is 0 Å². The van der Waals surface area contributed by atoms with Gasteiger partial charge in [-0.3, -0.25) is 0 Å². The Kier molecular flexibility index (Phi) is 13.1. The molecular weight excluding hydrogens is 343 g/mol. The van der Waals surface area contributed by atoms with E-state index in [1.54, 1.807) is 0 Å². The van der Waals surface area contributed by atoms with Gasteiger partial charge in [0.2, 0.25) is 0 Å². The minimum absolute atomic E-state index is 0. The van der Waals surface area contributed by atoms with Crippen molar-refractivity contribution in [2.45, 2.75) is 36.2 Å². The van der Waals surface area contributed by atoms with Crippen molar-refractivity contribution in [1.29, 1.82) is 0 Å². The van der Waals surface area contributed by atoms with Crippen LogP contribution in [0.1, 0.15) is 25.7 Å². The predicted molar refractivity (Wildman–Crippen MR) is 86.7 cm³/mol. The van der Waals surface area contributed by atoms with Crippen molar-refractivity contribution in [2.75, 3.05) is 13.2 Å². The van der Waals surface area contributed by atoms with Gasteiger partial charge in [0.25, 0.3) is 20.2 Å². The number of hydrogen-bond acceptors (Lipinski definition) is 7. The van der Waals surface area contributed by atoms with Gasteiger partial charge in [-0.15, -0.1) is 16.8 Å². The fraction of sp³-hybridized carbons (Fsp3) is 0.667. The first-order valence-electron chi connectivity index (χ1n) is 6.37. The molecule has 7 nitrogen and oxygen atoms in total. The Morgan fingerprint density at radius 1 is 0.864 bits per heavy atom. The normalized spacial score (nSPS) is 14.6. The van der Waals surface area contributed by atoms with Crippen LogP contribution in [0.2, 0.25) is 0 Å². The molecule has 0 spiro atoms. The molecule has 2 N–H and O–H groups in total. The summed E-state index contributed by atoms with van der Waals surface area (Å²) in [4.78, 5) is 0. The fourth-order valence-corrected chi connectivity index (χ4v) is 5.14. The van der Waals surface area contributed by atoms with Crippen molar-refractivity contribution in [2.24, 2.45) is 0 Å². The predicted octanol–water partition coefficient (Wildman–Crippen LogP) is -0.332. The Balaban J connectivity index is 0. The van der Waals surface area contributed by atoms with Crippen LogP contribution in [0, 0.1) is 0 Å². The van der Waals surface area contributed by atoms with Crippen LogP contribution < -0.4 is 0 Å². The molecule has 2 unspecified atom stereocenters. The van der Waals surface area contributed by atoms with Crippen molar-refractivity contribution in [3.8, 4) is 0 Å². The molecule has 0 fully saturated rings. The van der Waals surface area contributed by atoms with Gasteiger partial charge in [0.1, 0.15) is 0 Å². The van der Waals surface area contributed by atoms with Gasteiger partial charge in [-0.1, -0.05) is 12.2 Å². The number of rotatable bonds is 12. The third-order valence-electron chi connectivity index (χ3n) is 2.77. The molecule has 0 aromatic rings. The zero-order chi connectivity index (χ0) is 16.5. The van der Waals surface area contributed by atoms with Gasteiger partial charge in [0, 0.05) is 13.2 Å². The van der Waals surface area contributed by atoms with E-state index < -0.39 is 43.9 Å². The van der Waals surface area contributed by atoms with Gasteiger partial charge in [-0.05, 0) is 25.7 Å². The molecule has 0 bridgehead atoms. The van der Waals surface area contributed by atoms with Gasteiger partial charge in [0.05, 0.1) is 10.5 Å². The first-order chi connectivity index (χ1) is 9.75. The zero-order valence-electron chi connectivity index (χ0n) is 11.7. The topological polar surface area (TPSA) is 118 Å². The third-order valence-corrected chi connectivity index (χ3v) is 6.77. The molecule has 2 atom stereocenters. The average Bonchev–Trinajstić information content (AvgIpc) is 2.37. The second kappa shape index (κ2) is 11.7. The summed E-state index contributed by atoms with van der Waals surface area (Å²) in [5, 5.41) is 15.3. The summed E-state index contributed by atoms with van der Waals surface area (Å²) in [6, 6.07) is 0. The Hall–Kier alpha value is 0.260. The molecule has 0 aromatic heterocycles. The molecule has 0 aromatic carbocycles. The molecular formula is C12H23NaO7S2. The molecule has 0 aliphatic rings. The SMILES string of the molecule is C=CCC(CCO)S(=O)(=O)OS(=O)(=O)C(CC=C)CCO.[NaH]. The van der Waals surface area contributed by atoms with Crippen LogP contribution in [0.4, 0.5) is 0 Å². The van der Waals surface area contributed by atoms with Gasteiger partial charge in [0.15, 0.2) is 0 Å². The van der Waals surface area contributed by atoms with Crippen molar-refractivity contribution >= 4 is 49.8 Å². The van der Waals surface area contributed by atoms with E-state index in [4.69, 9.17) is 10.2 Å². The quantitative estimate of drug-likeness (QED) is 0.359. The van der Waals surface area contributed by atoms with Crippen molar-refractivity contribution in [1.82, 2.24) is 0 Å². The molecule has 0 heterocycles. The standard InChI is InChI=1S/C12H22O7S2.Na.H/c1-3-5-11(7-9-13)20(15,16)19-21(17,18)12(6-4-2)8-10-14;;/h3-4,11-14H,1-2,5-10H2;;. The van der Waals surface area contributed by atoms with E-state index in [2.05, 4.69) is 16.8 Å². The van der Waals surface area contributed by atoms with E-state index in [0.29, 0.717) is 0 Å². The summed E-state index contributed by atoms with van der Waals surface area (Å²) in [5.74, 6) is 0. The Labute approximate surface area is 154 Å². The van der Waals surface area contributed by atoms with E-state index in [1.807, 2.05) is 0 Å². The second-order valence-electron chi connectivity index (χ2n) is 4.37. The Morgan fingerprint density at radius 3 is 1.41 bits per heavy atom. The van der Waals surface area contributed by atoms with Crippen LogP contribution in [0.25, 0.3) is 0 Å². The van der Waals surface area contributed by atoms with E-state index in [0.717, 1.165) is 0 Å². The summed E-state index contributed by atoms with van der Waals surface area (Å²) in [5.41, 5.74) is 0. The Morgan fingerprint density at radius 2 is 1.18 bits per heavy atom.